The van der Waals surface area contributed by atoms with E-state index >= 15 is 0 Å². The number of methoxy groups -OCH3 is 1. The lowest BCUT2D eigenvalue weighted by Gasteiger charge is -2.12. The smallest absolute Gasteiger partial charge is 0.259 e. The molecule has 0 saturated carbocycles. The minimum atomic E-state index is -0.268. The zero-order valence-electron chi connectivity index (χ0n) is 12.1. The lowest BCUT2D eigenvalue weighted by Crippen LogP contribution is -2.14. The van der Waals surface area contributed by atoms with Gasteiger partial charge in [-0.2, -0.15) is 0 Å². The summed E-state index contributed by atoms with van der Waals surface area (Å²) in [6.07, 6.45) is 0. The zero-order valence-corrected chi connectivity index (χ0v) is 12.1. The van der Waals surface area contributed by atoms with Gasteiger partial charge in [0, 0.05) is 6.07 Å². The van der Waals surface area contributed by atoms with Crippen LogP contribution in [-0.2, 0) is 0 Å². The van der Waals surface area contributed by atoms with E-state index in [0.29, 0.717) is 35.0 Å². The third-order valence-corrected chi connectivity index (χ3v) is 2.94. The second-order valence-corrected chi connectivity index (χ2v) is 4.34. The molecule has 0 aliphatic carbocycles. The molecule has 21 heavy (non-hydrogen) atoms. The number of amides is 1. The number of benzene rings is 2. The van der Waals surface area contributed by atoms with Crippen LogP contribution in [0.25, 0.3) is 0 Å². The molecule has 2 aromatic carbocycles. The molecule has 0 aromatic heterocycles. The van der Waals surface area contributed by atoms with Crippen LogP contribution in [0.4, 0.5) is 11.4 Å². The average molecular weight is 286 g/mol. The van der Waals surface area contributed by atoms with Gasteiger partial charge in [-0.3, -0.25) is 4.79 Å². The molecule has 0 heterocycles. The maximum atomic E-state index is 12.3. The first kappa shape index (κ1) is 14.7. The Kier molecular flexibility index (Phi) is 4.66. The first-order valence-corrected chi connectivity index (χ1v) is 6.62. The number of nitrogen functional groups attached to an aromatic ring is 1. The van der Waals surface area contributed by atoms with Gasteiger partial charge in [-0.25, -0.2) is 0 Å². The second-order valence-electron chi connectivity index (χ2n) is 4.34. The summed E-state index contributed by atoms with van der Waals surface area (Å²) in [4.78, 5) is 12.3. The molecule has 0 aliphatic heterocycles. The molecule has 5 heteroatoms. The van der Waals surface area contributed by atoms with E-state index in [1.165, 1.54) is 0 Å². The molecule has 0 radical (unpaired) electrons. The van der Waals surface area contributed by atoms with Gasteiger partial charge in [-0.1, -0.05) is 12.1 Å². The van der Waals surface area contributed by atoms with Crippen molar-refractivity contribution in [2.24, 2.45) is 0 Å². The minimum absolute atomic E-state index is 0.268. The summed E-state index contributed by atoms with van der Waals surface area (Å²) in [7, 11) is 1.56. The summed E-state index contributed by atoms with van der Waals surface area (Å²) in [6, 6.07) is 12.2. The molecule has 0 atom stereocenters. The Morgan fingerprint density at radius 2 is 2.00 bits per heavy atom. The summed E-state index contributed by atoms with van der Waals surface area (Å²) < 4.78 is 10.5. The van der Waals surface area contributed by atoms with E-state index in [9.17, 15) is 4.79 Å². The molecular weight excluding hydrogens is 268 g/mol. The standard InChI is InChI=1S/C16H18N2O3/c1-3-21-15-7-5-4-6-12(15)16(19)18-14-9-8-11(20-2)10-13(14)17/h4-10H,3,17H2,1-2H3,(H,18,19). The van der Waals surface area contributed by atoms with Crippen LogP contribution in [0.1, 0.15) is 17.3 Å². The number of anilines is 2. The molecule has 2 rings (SSSR count). The molecule has 110 valence electrons. The van der Waals surface area contributed by atoms with Crippen molar-refractivity contribution in [1.82, 2.24) is 0 Å². The Bertz CT molecular complexity index is 641. The third kappa shape index (κ3) is 3.45. The largest absolute Gasteiger partial charge is 0.497 e. The maximum absolute atomic E-state index is 12.3. The van der Waals surface area contributed by atoms with E-state index in [-0.39, 0.29) is 5.91 Å². The Morgan fingerprint density at radius 1 is 1.24 bits per heavy atom. The fourth-order valence-electron chi connectivity index (χ4n) is 1.91. The van der Waals surface area contributed by atoms with Crippen molar-refractivity contribution in [3.05, 3.63) is 48.0 Å². The molecule has 0 unspecified atom stereocenters. The van der Waals surface area contributed by atoms with Crippen LogP contribution >= 0.6 is 0 Å². The number of nitrogens with two attached hydrogens (primary N) is 1. The highest BCUT2D eigenvalue weighted by Gasteiger charge is 2.13. The minimum Gasteiger partial charge on any atom is -0.497 e. The Hall–Kier alpha value is -2.69. The molecule has 3 N–H and O–H groups in total. The van der Waals surface area contributed by atoms with Crippen LogP contribution in [0, 0.1) is 0 Å². The number of ether oxygens (including phenoxy) is 2. The van der Waals surface area contributed by atoms with Gasteiger partial charge in [0.25, 0.3) is 5.91 Å². The van der Waals surface area contributed by atoms with E-state index in [1.54, 1.807) is 43.5 Å². The predicted octanol–water partition coefficient (Wildman–Crippen LogP) is 2.93. The van der Waals surface area contributed by atoms with Gasteiger partial charge in [0.1, 0.15) is 11.5 Å². The van der Waals surface area contributed by atoms with Crippen LogP contribution in [0.15, 0.2) is 42.5 Å². The molecule has 0 aliphatic rings. The van der Waals surface area contributed by atoms with Crippen molar-refractivity contribution in [3.8, 4) is 11.5 Å². The SMILES string of the molecule is CCOc1ccccc1C(=O)Nc1ccc(OC)cc1N. The first-order valence-electron chi connectivity index (χ1n) is 6.62. The molecule has 0 spiro atoms. The Balaban J connectivity index is 2.22. The van der Waals surface area contributed by atoms with Gasteiger partial charge in [0.15, 0.2) is 0 Å². The quantitative estimate of drug-likeness (QED) is 0.829. The van der Waals surface area contributed by atoms with Crippen LogP contribution in [0.5, 0.6) is 11.5 Å². The summed E-state index contributed by atoms with van der Waals surface area (Å²) >= 11 is 0. The normalized spacial score (nSPS) is 10.0. The zero-order chi connectivity index (χ0) is 15.2. The first-order chi connectivity index (χ1) is 10.2. The van der Waals surface area contributed by atoms with E-state index in [0.717, 1.165) is 0 Å². The van der Waals surface area contributed by atoms with Crippen molar-refractivity contribution in [2.75, 3.05) is 24.8 Å². The predicted molar refractivity (Wildman–Crippen MR) is 83.0 cm³/mol. The lowest BCUT2D eigenvalue weighted by molar-refractivity contribution is 0.102. The summed E-state index contributed by atoms with van der Waals surface area (Å²) in [5.41, 5.74) is 7.34. The van der Waals surface area contributed by atoms with Crippen LogP contribution in [-0.4, -0.2) is 19.6 Å². The van der Waals surface area contributed by atoms with Crippen LogP contribution in [0.3, 0.4) is 0 Å². The molecule has 5 nitrogen and oxygen atoms in total. The van der Waals surface area contributed by atoms with E-state index in [2.05, 4.69) is 5.32 Å². The molecular formula is C16H18N2O3. The fourth-order valence-corrected chi connectivity index (χ4v) is 1.91. The summed E-state index contributed by atoms with van der Waals surface area (Å²) in [5.74, 6) is 0.917. The van der Waals surface area contributed by atoms with E-state index in [4.69, 9.17) is 15.2 Å². The number of hydrogen-bond acceptors (Lipinski definition) is 4. The molecule has 2 aromatic rings. The van der Waals surface area contributed by atoms with Gasteiger partial charge in [-0.05, 0) is 31.2 Å². The number of hydrogen-bond donors (Lipinski definition) is 2. The van der Waals surface area contributed by atoms with Gasteiger partial charge in [0.2, 0.25) is 0 Å². The highest BCUT2D eigenvalue weighted by Crippen LogP contribution is 2.26. The third-order valence-electron chi connectivity index (χ3n) is 2.94. The van der Waals surface area contributed by atoms with Crippen molar-refractivity contribution in [2.45, 2.75) is 6.92 Å². The van der Waals surface area contributed by atoms with Gasteiger partial charge in [0.05, 0.1) is 30.7 Å². The van der Waals surface area contributed by atoms with Crippen molar-refractivity contribution in [1.29, 1.82) is 0 Å². The molecule has 0 bridgehead atoms. The maximum Gasteiger partial charge on any atom is 0.259 e. The summed E-state index contributed by atoms with van der Waals surface area (Å²) in [6.45, 7) is 2.37. The summed E-state index contributed by atoms with van der Waals surface area (Å²) in [5, 5.41) is 2.78. The van der Waals surface area contributed by atoms with Crippen molar-refractivity contribution < 1.29 is 14.3 Å². The van der Waals surface area contributed by atoms with Gasteiger partial charge < -0.3 is 20.5 Å². The Labute approximate surface area is 123 Å². The highest BCUT2D eigenvalue weighted by atomic mass is 16.5. The van der Waals surface area contributed by atoms with Crippen molar-refractivity contribution in [3.63, 3.8) is 0 Å². The van der Waals surface area contributed by atoms with E-state index in [1.807, 2.05) is 13.0 Å². The monoisotopic (exact) mass is 286 g/mol. The van der Waals surface area contributed by atoms with E-state index < -0.39 is 0 Å². The number of para-hydroxylation sites is 1. The lowest BCUT2D eigenvalue weighted by atomic mass is 10.1. The second kappa shape index (κ2) is 6.65. The number of nitrogens with one attached hydrogen (secondary N) is 1. The average Bonchev–Trinajstić information content (AvgIpc) is 2.50. The van der Waals surface area contributed by atoms with Crippen LogP contribution < -0.4 is 20.5 Å². The molecule has 0 saturated heterocycles. The molecule has 1 amide bonds. The van der Waals surface area contributed by atoms with Gasteiger partial charge >= 0.3 is 0 Å². The highest BCUT2D eigenvalue weighted by molar-refractivity contribution is 6.07. The number of carbonyl (C=O) groups excluding carboxylic acids is 1. The Morgan fingerprint density at radius 3 is 2.67 bits per heavy atom. The fraction of sp³-hybridized carbons (Fsp3) is 0.188. The van der Waals surface area contributed by atoms with Crippen LogP contribution in [0.2, 0.25) is 0 Å². The number of carbonyl (C=O) groups is 1. The van der Waals surface area contributed by atoms with Gasteiger partial charge in [-0.15, -0.1) is 0 Å². The topological polar surface area (TPSA) is 73.6 Å². The molecule has 0 fully saturated rings. The number of rotatable bonds is 5. The van der Waals surface area contributed by atoms with Crippen molar-refractivity contribution >= 4 is 17.3 Å².